The van der Waals surface area contributed by atoms with Crippen LogP contribution in [-0.4, -0.2) is 29.5 Å². The Morgan fingerprint density at radius 1 is 1.32 bits per heavy atom. The molecule has 0 fully saturated rings. The first-order chi connectivity index (χ1) is 10.3. The third-order valence-corrected chi connectivity index (χ3v) is 3.26. The highest BCUT2D eigenvalue weighted by atomic mass is 16.3. The summed E-state index contributed by atoms with van der Waals surface area (Å²) in [7, 11) is 0. The highest BCUT2D eigenvalue weighted by molar-refractivity contribution is 5.74. The van der Waals surface area contributed by atoms with E-state index < -0.39 is 11.2 Å². The highest BCUT2D eigenvalue weighted by Crippen LogP contribution is 2.18. The van der Waals surface area contributed by atoms with E-state index in [2.05, 4.69) is 15.0 Å². The molecule has 114 valence electrons. The number of rotatable bonds is 2. The number of aromatic amines is 1. The quantitative estimate of drug-likeness (QED) is 0.532. The van der Waals surface area contributed by atoms with Gasteiger partial charge in [-0.25, -0.2) is 9.97 Å². The van der Waals surface area contributed by atoms with Crippen molar-refractivity contribution >= 4 is 11.0 Å². The minimum atomic E-state index is -1.26. The van der Waals surface area contributed by atoms with Crippen molar-refractivity contribution < 1.29 is 5.11 Å². The molecule has 0 aliphatic rings. The lowest BCUT2D eigenvalue weighted by atomic mass is 10.1. The Labute approximate surface area is 123 Å². The van der Waals surface area contributed by atoms with Gasteiger partial charge in [0.1, 0.15) is 17.5 Å². The molecule has 0 unspecified atom stereocenters. The fourth-order valence-electron chi connectivity index (χ4n) is 2.16. The van der Waals surface area contributed by atoms with Crippen molar-refractivity contribution in [1.29, 1.82) is 0 Å². The number of hydrogen-bond donors (Lipinski definition) is 3. The van der Waals surface area contributed by atoms with Gasteiger partial charge in [0.15, 0.2) is 11.1 Å². The minimum Gasteiger partial charge on any atom is -0.384 e. The van der Waals surface area contributed by atoms with Crippen LogP contribution in [0.1, 0.15) is 19.5 Å². The van der Waals surface area contributed by atoms with Gasteiger partial charge in [0.2, 0.25) is 0 Å². The lowest BCUT2D eigenvalue weighted by Gasteiger charge is -2.19. The standard InChI is InChI=1S/C13H14N6O3/c1-13(2,22)9-3-7(20)4-10(17-9)18-11-8(5-15-6-16-11)12(21)19(18)14/h3-6,22H,14H2,1-2H3,(H,17,20). The van der Waals surface area contributed by atoms with Crippen LogP contribution in [-0.2, 0) is 5.60 Å². The topological polar surface area (TPSA) is 132 Å². The first kappa shape index (κ1) is 14.0. The Balaban J connectivity index is 2.38. The van der Waals surface area contributed by atoms with Crippen molar-refractivity contribution in [2.45, 2.75) is 19.4 Å². The fraction of sp³-hybridized carbons (Fsp3) is 0.231. The van der Waals surface area contributed by atoms with Gasteiger partial charge in [-0.3, -0.25) is 9.59 Å². The first-order valence-electron chi connectivity index (χ1n) is 6.45. The lowest BCUT2D eigenvalue weighted by molar-refractivity contribution is 0.0737. The lowest BCUT2D eigenvalue weighted by Crippen LogP contribution is -2.31. The molecule has 9 nitrogen and oxygen atoms in total. The SMILES string of the molecule is CC(C)(O)c1cc(=O)cc(-n2c3ncncc3c(=O)n2N)[nH]1. The predicted molar refractivity (Wildman–Crippen MR) is 79.1 cm³/mol. The second-order valence-corrected chi connectivity index (χ2v) is 5.40. The molecule has 4 N–H and O–H groups in total. The van der Waals surface area contributed by atoms with Gasteiger partial charge in [-0.2, -0.15) is 9.47 Å². The number of fused-ring (bicyclic) bond motifs is 1. The van der Waals surface area contributed by atoms with Crippen LogP contribution in [0.5, 0.6) is 0 Å². The number of nitrogens with two attached hydrogens (primary N) is 1. The number of aromatic nitrogens is 5. The first-order valence-corrected chi connectivity index (χ1v) is 6.45. The zero-order valence-corrected chi connectivity index (χ0v) is 11.9. The summed E-state index contributed by atoms with van der Waals surface area (Å²) in [5, 5.41) is 10.3. The summed E-state index contributed by atoms with van der Waals surface area (Å²) < 4.78 is 1.26. The zero-order chi connectivity index (χ0) is 16.1. The largest absolute Gasteiger partial charge is 0.384 e. The molecule has 9 heteroatoms. The summed E-state index contributed by atoms with van der Waals surface area (Å²) in [5.41, 5.74) is -1.55. The molecule has 0 aliphatic heterocycles. The van der Waals surface area contributed by atoms with Gasteiger partial charge in [-0.15, -0.1) is 0 Å². The van der Waals surface area contributed by atoms with Gasteiger partial charge >= 0.3 is 0 Å². The Kier molecular flexibility index (Phi) is 2.89. The number of H-pyrrole nitrogens is 1. The van der Waals surface area contributed by atoms with Gasteiger partial charge in [-0.1, -0.05) is 0 Å². The maximum atomic E-state index is 12.1. The van der Waals surface area contributed by atoms with Crippen LogP contribution in [0.4, 0.5) is 0 Å². The van der Waals surface area contributed by atoms with Crippen molar-refractivity contribution in [2.24, 2.45) is 0 Å². The molecular formula is C13H14N6O3. The van der Waals surface area contributed by atoms with Gasteiger partial charge in [-0.05, 0) is 13.8 Å². The van der Waals surface area contributed by atoms with Gasteiger partial charge in [0, 0.05) is 18.3 Å². The van der Waals surface area contributed by atoms with E-state index in [1.165, 1.54) is 43.2 Å². The molecule has 0 saturated carbocycles. The summed E-state index contributed by atoms with van der Waals surface area (Å²) in [4.78, 5) is 35.5. The summed E-state index contributed by atoms with van der Waals surface area (Å²) in [6, 6.07) is 2.54. The van der Waals surface area contributed by atoms with E-state index in [1.54, 1.807) is 0 Å². The normalized spacial score (nSPS) is 12.0. The molecule has 3 aromatic rings. The van der Waals surface area contributed by atoms with E-state index in [0.29, 0.717) is 5.69 Å². The van der Waals surface area contributed by atoms with Crippen LogP contribution in [0, 0.1) is 0 Å². The van der Waals surface area contributed by atoms with Gasteiger partial charge in [0.25, 0.3) is 5.56 Å². The van der Waals surface area contributed by atoms with Crippen molar-refractivity contribution in [3.05, 3.63) is 50.9 Å². The predicted octanol–water partition coefficient (Wildman–Crippen LogP) is -0.788. The minimum absolute atomic E-state index is 0.220. The second-order valence-electron chi connectivity index (χ2n) is 5.40. The zero-order valence-electron chi connectivity index (χ0n) is 11.9. The van der Waals surface area contributed by atoms with Crippen molar-refractivity contribution in [3.63, 3.8) is 0 Å². The van der Waals surface area contributed by atoms with Crippen molar-refractivity contribution in [2.75, 3.05) is 5.84 Å². The Morgan fingerprint density at radius 3 is 2.73 bits per heavy atom. The molecule has 0 aliphatic carbocycles. The maximum absolute atomic E-state index is 12.1. The van der Waals surface area contributed by atoms with E-state index in [-0.39, 0.29) is 22.3 Å². The molecule has 0 radical (unpaired) electrons. The van der Waals surface area contributed by atoms with E-state index >= 15 is 0 Å². The van der Waals surface area contributed by atoms with Gasteiger partial charge < -0.3 is 15.9 Å². The van der Waals surface area contributed by atoms with Crippen LogP contribution >= 0.6 is 0 Å². The number of nitrogen functional groups attached to an aromatic ring is 1. The van der Waals surface area contributed by atoms with Crippen molar-refractivity contribution in [1.82, 2.24) is 24.4 Å². The van der Waals surface area contributed by atoms with Crippen LogP contribution in [0.15, 0.2) is 34.2 Å². The molecule has 22 heavy (non-hydrogen) atoms. The monoisotopic (exact) mass is 302 g/mol. The smallest absolute Gasteiger partial charge is 0.297 e. The van der Waals surface area contributed by atoms with E-state index in [1.807, 2.05) is 0 Å². The molecular weight excluding hydrogens is 288 g/mol. The molecule has 0 aromatic carbocycles. The number of hydrogen-bond acceptors (Lipinski definition) is 6. The van der Waals surface area contributed by atoms with Crippen LogP contribution in [0.3, 0.4) is 0 Å². The third kappa shape index (κ3) is 2.07. The molecule has 0 amide bonds. The Morgan fingerprint density at radius 2 is 2.05 bits per heavy atom. The van der Waals surface area contributed by atoms with E-state index in [9.17, 15) is 14.7 Å². The summed E-state index contributed by atoms with van der Waals surface area (Å²) in [6.07, 6.45) is 2.62. The van der Waals surface area contributed by atoms with E-state index in [4.69, 9.17) is 5.84 Å². The van der Waals surface area contributed by atoms with E-state index in [0.717, 1.165) is 4.79 Å². The molecule has 0 saturated heterocycles. The number of pyridine rings is 1. The summed E-state index contributed by atoms with van der Waals surface area (Å²) in [5.74, 6) is 5.99. The third-order valence-electron chi connectivity index (χ3n) is 3.26. The van der Waals surface area contributed by atoms with Crippen LogP contribution in [0.2, 0.25) is 0 Å². The average Bonchev–Trinajstić information content (AvgIpc) is 2.70. The molecule has 3 heterocycles. The molecule has 3 aromatic heterocycles. The highest BCUT2D eigenvalue weighted by Gasteiger charge is 2.20. The second kappa shape index (κ2) is 4.53. The van der Waals surface area contributed by atoms with Crippen molar-refractivity contribution in [3.8, 4) is 5.82 Å². The van der Waals surface area contributed by atoms with Gasteiger partial charge in [0.05, 0.1) is 11.3 Å². The number of aliphatic hydroxyl groups is 1. The number of nitrogens with one attached hydrogen (secondary N) is 1. The maximum Gasteiger partial charge on any atom is 0.297 e. The molecule has 0 atom stereocenters. The Bertz CT molecular complexity index is 976. The van der Waals surface area contributed by atoms with Crippen LogP contribution in [0.25, 0.3) is 16.9 Å². The fourth-order valence-corrected chi connectivity index (χ4v) is 2.16. The Hall–Kier alpha value is -2.94. The molecule has 0 spiro atoms. The summed E-state index contributed by atoms with van der Waals surface area (Å²) >= 11 is 0. The van der Waals surface area contributed by atoms with Crippen LogP contribution < -0.4 is 16.8 Å². The number of nitrogens with zero attached hydrogens (tertiary/aromatic N) is 4. The molecule has 0 bridgehead atoms. The summed E-state index contributed by atoms with van der Waals surface area (Å²) in [6.45, 7) is 3.07. The molecule has 3 rings (SSSR count). The average molecular weight is 302 g/mol.